The molecule has 3 rings (SSSR count). The zero-order chi connectivity index (χ0) is 14.1. The summed E-state index contributed by atoms with van der Waals surface area (Å²) in [4.78, 5) is 26.0. The minimum absolute atomic E-state index is 0.187. The van der Waals surface area contributed by atoms with Crippen LogP contribution in [0.1, 0.15) is 59.2 Å². The predicted molar refractivity (Wildman–Crippen MR) is 77.4 cm³/mol. The summed E-state index contributed by atoms with van der Waals surface area (Å²) in [5, 5.41) is 0. The van der Waals surface area contributed by atoms with Crippen LogP contribution in [0.4, 0.5) is 5.69 Å². The highest BCUT2D eigenvalue weighted by Gasteiger charge is 2.36. The lowest BCUT2D eigenvalue weighted by Gasteiger charge is -2.23. The van der Waals surface area contributed by atoms with Gasteiger partial charge in [-0.3, -0.25) is 14.5 Å². The molecule has 2 amide bonds. The van der Waals surface area contributed by atoms with E-state index in [4.69, 9.17) is 5.73 Å². The Morgan fingerprint density at radius 1 is 1.10 bits per heavy atom. The molecule has 0 aromatic heterocycles. The van der Waals surface area contributed by atoms with Gasteiger partial charge in [0.15, 0.2) is 0 Å². The van der Waals surface area contributed by atoms with E-state index in [1.165, 1.54) is 37.0 Å². The van der Waals surface area contributed by atoms with E-state index >= 15 is 0 Å². The molecule has 1 aromatic rings. The smallest absolute Gasteiger partial charge is 0.263 e. The predicted octanol–water partition coefficient (Wildman–Crippen LogP) is 2.84. The van der Waals surface area contributed by atoms with Crippen molar-refractivity contribution >= 4 is 17.5 Å². The van der Waals surface area contributed by atoms with Crippen molar-refractivity contribution in [2.75, 3.05) is 12.3 Å². The molecule has 1 fully saturated rings. The SMILES string of the molecule is Nc1cccc2c1C(=O)N(CCC1CCCCC1)C2=O. The molecule has 0 atom stereocenters. The molecule has 1 saturated carbocycles. The van der Waals surface area contributed by atoms with Crippen LogP contribution in [0.15, 0.2) is 18.2 Å². The van der Waals surface area contributed by atoms with E-state index in [1.54, 1.807) is 18.2 Å². The van der Waals surface area contributed by atoms with Crippen LogP contribution in [0.3, 0.4) is 0 Å². The van der Waals surface area contributed by atoms with Crippen molar-refractivity contribution in [2.45, 2.75) is 38.5 Å². The van der Waals surface area contributed by atoms with Gasteiger partial charge in [-0.1, -0.05) is 38.2 Å². The maximum atomic E-state index is 12.3. The topological polar surface area (TPSA) is 63.4 Å². The van der Waals surface area contributed by atoms with Gasteiger partial charge in [0.1, 0.15) is 0 Å². The largest absolute Gasteiger partial charge is 0.398 e. The maximum Gasteiger partial charge on any atom is 0.263 e. The van der Waals surface area contributed by atoms with Crippen molar-refractivity contribution in [3.63, 3.8) is 0 Å². The fraction of sp³-hybridized carbons (Fsp3) is 0.500. The van der Waals surface area contributed by atoms with E-state index < -0.39 is 0 Å². The van der Waals surface area contributed by atoms with Crippen molar-refractivity contribution in [2.24, 2.45) is 5.92 Å². The molecule has 20 heavy (non-hydrogen) atoms. The van der Waals surface area contributed by atoms with Crippen LogP contribution in [0.5, 0.6) is 0 Å². The lowest BCUT2D eigenvalue weighted by atomic mass is 9.87. The fourth-order valence-electron chi connectivity index (χ4n) is 3.35. The Balaban J connectivity index is 1.71. The molecule has 4 nitrogen and oxygen atoms in total. The number of anilines is 1. The van der Waals surface area contributed by atoms with Crippen molar-refractivity contribution in [1.82, 2.24) is 4.90 Å². The average Bonchev–Trinajstić information content (AvgIpc) is 2.71. The summed E-state index contributed by atoms with van der Waals surface area (Å²) < 4.78 is 0. The molecule has 2 N–H and O–H groups in total. The summed E-state index contributed by atoms with van der Waals surface area (Å²) in [5.74, 6) is 0.248. The van der Waals surface area contributed by atoms with Crippen molar-refractivity contribution in [1.29, 1.82) is 0 Å². The van der Waals surface area contributed by atoms with E-state index in [-0.39, 0.29) is 11.8 Å². The first-order chi connectivity index (χ1) is 9.68. The third-order valence-corrected chi connectivity index (χ3v) is 4.52. The van der Waals surface area contributed by atoms with Crippen molar-refractivity contribution in [3.05, 3.63) is 29.3 Å². The van der Waals surface area contributed by atoms with Gasteiger partial charge in [-0.2, -0.15) is 0 Å². The summed E-state index contributed by atoms with van der Waals surface area (Å²) in [6, 6.07) is 5.09. The Morgan fingerprint density at radius 3 is 2.55 bits per heavy atom. The first-order valence-corrected chi connectivity index (χ1v) is 7.43. The van der Waals surface area contributed by atoms with Gasteiger partial charge in [-0.25, -0.2) is 0 Å². The third kappa shape index (κ3) is 2.19. The number of hydrogen-bond acceptors (Lipinski definition) is 3. The molecule has 0 saturated heterocycles. The maximum absolute atomic E-state index is 12.3. The first-order valence-electron chi connectivity index (χ1n) is 7.43. The highest BCUT2D eigenvalue weighted by molar-refractivity contribution is 6.23. The van der Waals surface area contributed by atoms with Gasteiger partial charge in [0.2, 0.25) is 0 Å². The Bertz CT molecular complexity index is 547. The van der Waals surface area contributed by atoms with Crippen LogP contribution in [0.25, 0.3) is 0 Å². The minimum atomic E-state index is -0.223. The number of nitrogen functional groups attached to an aromatic ring is 1. The second kappa shape index (κ2) is 5.27. The number of fused-ring (bicyclic) bond motifs is 1. The van der Waals surface area contributed by atoms with Crippen LogP contribution in [-0.2, 0) is 0 Å². The molecule has 0 bridgehead atoms. The Labute approximate surface area is 118 Å². The Hall–Kier alpha value is -1.84. The zero-order valence-electron chi connectivity index (χ0n) is 11.6. The lowest BCUT2D eigenvalue weighted by molar-refractivity contribution is 0.0642. The van der Waals surface area contributed by atoms with Gasteiger partial charge in [0, 0.05) is 12.2 Å². The van der Waals surface area contributed by atoms with Crippen LogP contribution in [-0.4, -0.2) is 23.3 Å². The van der Waals surface area contributed by atoms with Gasteiger partial charge < -0.3 is 5.73 Å². The Kier molecular flexibility index (Phi) is 3.47. The first kappa shape index (κ1) is 13.2. The second-order valence-corrected chi connectivity index (χ2v) is 5.82. The number of nitrogens with two attached hydrogens (primary N) is 1. The number of nitrogens with zero attached hydrogens (tertiary/aromatic N) is 1. The Morgan fingerprint density at radius 2 is 1.85 bits per heavy atom. The molecule has 2 aliphatic rings. The number of carbonyl (C=O) groups excluding carboxylic acids is 2. The van der Waals surface area contributed by atoms with Crippen LogP contribution >= 0.6 is 0 Å². The number of amides is 2. The molecule has 1 aromatic carbocycles. The number of benzene rings is 1. The molecule has 0 spiro atoms. The zero-order valence-corrected chi connectivity index (χ0v) is 11.6. The molecule has 1 aliphatic carbocycles. The number of imide groups is 1. The molecule has 1 heterocycles. The molecule has 106 valence electrons. The average molecular weight is 272 g/mol. The highest BCUT2D eigenvalue weighted by atomic mass is 16.2. The van der Waals surface area contributed by atoms with E-state index in [9.17, 15) is 9.59 Å². The number of carbonyl (C=O) groups is 2. The molecular formula is C16H20N2O2. The van der Waals surface area contributed by atoms with Gasteiger partial charge in [0.25, 0.3) is 11.8 Å². The molecule has 1 aliphatic heterocycles. The second-order valence-electron chi connectivity index (χ2n) is 5.82. The van der Waals surface area contributed by atoms with E-state index in [2.05, 4.69) is 0 Å². The summed E-state index contributed by atoms with van der Waals surface area (Å²) in [6.07, 6.45) is 7.25. The third-order valence-electron chi connectivity index (χ3n) is 4.52. The summed E-state index contributed by atoms with van der Waals surface area (Å²) in [6.45, 7) is 0.524. The van der Waals surface area contributed by atoms with E-state index in [0.29, 0.717) is 29.3 Å². The molecule has 0 unspecified atom stereocenters. The number of hydrogen-bond donors (Lipinski definition) is 1. The van der Waals surface area contributed by atoms with Crippen LogP contribution in [0.2, 0.25) is 0 Å². The van der Waals surface area contributed by atoms with Crippen LogP contribution in [0, 0.1) is 5.92 Å². The number of rotatable bonds is 3. The molecule has 4 heteroatoms. The summed E-state index contributed by atoms with van der Waals surface area (Å²) in [5.41, 5.74) is 7.08. The van der Waals surface area contributed by atoms with Crippen LogP contribution < -0.4 is 5.73 Å². The normalized spacial score (nSPS) is 19.5. The van der Waals surface area contributed by atoms with Gasteiger partial charge >= 0.3 is 0 Å². The summed E-state index contributed by atoms with van der Waals surface area (Å²) >= 11 is 0. The van der Waals surface area contributed by atoms with E-state index in [1.807, 2.05) is 0 Å². The fourth-order valence-corrected chi connectivity index (χ4v) is 3.35. The molecule has 0 radical (unpaired) electrons. The standard InChI is InChI=1S/C16H20N2O2/c17-13-8-4-7-12-14(13)16(20)18(15(12)19)10-9-11-5-2-1-3-6-11/h4,7-8,11H,1-3,5-6,9-10,17H2. The highest BCUT2D eigenvalue weighted by Crippen LogP contribution is 2.30. The van der Waals surface area contributed by atoms with E-state index in [0.717, 1.165) is 6.42 Å². The van der Waals surface area contributed by atoms with Crippen molar-refractivity contribution < 1.29 is 9.59 Å². The van der Waals surface area contributed by atoms with Crippen molar-refractivity contribution in [3.8, 4) is 0 Å². The molecular weight excluding hydrogens is 252 g/mol. The summed E-state index contributed by atoms with van der Waals surface area (Å²) in [7, 11) is 0. The quantitative estimate of drug-likeness (QED) is 0.679. The lowest BCUT2D eigenvalue weighted by Crippen LogP contribution is -2.32. The van der Waals surface area contributed by atoms with Gasteiger partial charge in [-0.05, 0) is 24.5 Å². The monoisotopic (exact) mass is 272 g/mol. The van der Waals surface area contributed by atoms with Gasteiger partial charge in [0.05, 0.1) is 11.1 Å². The minimum Gasteiger partial charge on any atom is -0.398 e. The van der Waals surface area contributed by atoms with Gasteiger partial charge in [-0.15, -0.1) is 0 Å².